The van der Waals surface area contributed by atoms with E-state index in [0.29, 0.717) is 24.2 Å². The molecule has 1 aromatic rings. The fourth-order valence-corrected chi connectivity index (χ4v) is 3.09. The first-order chi connectivity index (χ1) is 11.5. The standard InChI is InChI=1S/C19H26N2O3/c1-14(2)24-16-8-6-7-15(11-16)17(22)12-21-18(23)19(13-20)9-4-3-5-10-19/h6-8,11,14,17,22H,3-5,9-10,12H2,1-2H3,(H,21,23). The molecule has 0 aliphatic heterocycles. The molecule has 0 radical (unpaired) electrons. The van der Waals surface area contributed by atoms with Crippen LogP contribution in [0, 0.1) is 16.7 Å². The lowest BCUT2D eigenvalue weighted by atomic mass is 9.74. The van der Waals surface area contributed by atoms with Crippen LogP contribution < -0.4 is 10.1 Å². The van der Waals surface area contributed by atoms with Crippen LogP contribution in [-0.2, 0) is 4.79 Å². The molecule has 24 heavy (non-hydrogen) atoms. The molecule has 130 valence electrons. The highest BCUT2D eigenvalue weighted by molar-refractivity contribution is 5.85. The van der Waals surface area contributed by atoms with E-state index in [2.05, 4.69) is 11.4 Å². The number of ether oxygens (including phenoxy) is 1. The Balaban J connectivity index is 1.96. The van der Waals surface area contributed by atoms with Crippen molar-refractivity contribution in [2.24, 2.45) is 5.41 Å². The molecule has 5 heteroatoms. The van der Waals surface area contributed by atoms with Crippen LogP contribution in [0.3, 0.4) is 0 Å². The molecule has 1 fully saturated rings. The van der Waals surface area contributed by atoms with Crippen molar-refractivity contribution in [3.05, 3.63) is 29.8 Å². The van der Waals surface area contributed by atoms with E-state index >= 15 is 0 Å². The van der Waals surface area contributed by atoms with Crippen molar-refractivity contribution < 1.29 is 14.6 Å². The molecule has 1 amide bonds. The number of nitrogens with zero attached hydrogens (tertiary/aromatic N) is 1. The minimum Gasteiger partial charge on any atom is -0.491 e. The number of hydrogen-bond acceptors (Lipinski definition) is 4. The van der Waals surface area contributed by atoms with Gasteiger partial charge in [0.1, 0.15) is 11.2 Å². The molecule has 0 spiro atoms. The number of carbonyl (C=O) groups is 1. The normalized spacial score (nSPS) is 17.8. The van der Waals surface area contributed by atoms with Gasteiger partial charge in [-0.15, -0.1) is 0 Å². The first-order valence-corrected chi connectivity index (χ1v) is 8.61. The maximum Gasteiger partial charge on any atom is 0.240 e. The van der Waals surface area contributed by atoms with Crippen molar-refractivity contribution in [2.75, 3.05) is 6.54 Å². The Labute approximate surface area is 143 Å². The predicted octanol–water partition coefficient (Wildman–Crippen LogP) is 3.10. The van der Waals surface area contributed by atoms with Crippen molar-refractivity contribution in [2.45, 2.75) is 58.2 Å². The number of benzene rings is 1. The van der Waals surface area contributed by atoms with Crippen LogP contribution in [0.5, 0.6) is 5.75 Å². The lowest BCUT2D eigenvalue weighted by Crippen LogP contribution is -2.42. The highest BCUT2D eigenvalue weighted by atomic mass is 16.5. The number of nitriles is 1. The Bertz CT molecular complexity index is 601. The Kier molecular flexibility index (Phi) is 6.22. The van der Waals surface area contributed by atoms with E-state index in [1.807, 2.05) is 26.0 Å². The summed E-state index contributed by atoms with van der Waals surface area (Å²) in [6, 6.07) is 9.42. The van der Waals surface area contributed by atoms with Gasteiger partial charge in [0.05, 0.1) is 18.3 Å². The second-order valence-electron chi connectivity index (χ2n) is 6.72. The van der Waals surface area contributed by atoms with Crippen LogP contribution >= 0.6 is 0 Å². The molecule has 0 heterocycles. The van der Waals surface area contributed by atoms with Gasteiger partial charge in [-0.3, -0.25) is 4.79 Å². The first kappa shape index (κ1) is 18.3. The zero-order chi connectivity index (χ0) is 17.6. The summed E-state index contributed by atoms with van der Waals surface area (Å²) in [5, 5.41) is 22.5. The van der Waals surface area contributed by atoms with E-state index in [0.717, 1.165) is 19.3 Å². The molecule has 1 saturated carbocycles. The lowest BCUT2D eigenvalue weighted by molar-refractivity contribution is -0.130. The van der Waals surface area contributed by atoms with Gasteiger partial charge in [0.25, 0.3) is 0 Å². The summed E-state index contributed by atoms with van der Waals surface area (Å²) in [5.41, 5.74) is -0.247. The second-order valence-corrected chi connectivity index (χ2v) is 6.72. The summed E-state index contributed by atoms with van der Waals surface area (Å²) in [6.45, 7) is 3.97. The van der Waals surface area contributed by atoms with Crippen LogP contribution in [-0.4, -0.2) is 23.7 Å². The number of rotatable bonds is 6. The molecule has 1 aromatic carbocycles. The summed E-state index contributed by atoms with van der Waals surface area (Å²) in [7, 11) is 0. The van der Waals surface area contributed by atoms with Crippen LogP contribution in [0.25, 0.3) is 0 Å². The molecule has 2 N–H and O–H groups in total. The van der Waals surface area contributed by atoms with E-state index in [1.54, 1.807) is 12.1 Å². The molecule has 0 saturated heterocycles. The van der Waals surface area contributed by atoms with Gasteiger partial charge in [0.2, 0.25) is 5.91 Å². The number of carbonyl (C=O) groups excluding carboxylic acids is 1. The van der Waals surface area contributed by atoms with Gasteiger partial charge in [0, 0.05) is 6.54 Å². The second kappa shape index (κ2) is 8.16. The minimum absolute atomic E-state index is 0.0545. The monoisotopic (exact) mass is 330 g/mol. The minimum atomic E-state index is -0.930. The van der Waals surface area contributed by atoms with Crippen LogP contribution in [0.1, 0.15) is 57.6 Å². The first-order valence-electron chi connectivity index (χ1n) is 8.61. The molecule has 1 aliphatic carbocycles. The van der Waals surface area contributed by atoms with Crippen molar-refractivity contribution in [1.29, 1.82) is 5.26 Å². The number of hydrogen-bond donors (Lipinski definition) is 2. The van der Waals surface area contributed by atoms with E-state index in [-0.39, 0.29) is 18.6 Å². The third-order valence-electron chi connectivity index (χ3n) is 4.43. The molecule has 2 rings (SSSR count). The molecule has 1 aliphatic rings. The van der Waals surface area contributed by atoms with Gasteiger partial charge in [0.15, 0.2) is 0 Å². The maximum atomic E-state index is 12.4. The van der Waals surface area contributed by atoms with Crippen LogP contribution in [0.4, 0.5) is 0 Å². The summed E-state index contributed by atoms with van der Waals surface area (Å²) in [5.74, 6) is 0.423. The summed E-state index contributed by atoms with van der Waals surface area (Å²) in [6.07, 6.45) is 3.30. The number of amides is 1. The fourth-order valence-electron chi connectivity index (χ4n) is 3.09. The van der Waals surface area contributed by atoms with Crippen molar-refractivity contribution in [3.8, 4) is 11.8 Å². The molecular weight excluding hydrogens is 304 g/mol. The number of nitrogens with one attached hydrogen (secondary N) is 1. The average Bonchev–Trinajstić information content (AvgIpc) is 2.59. The summed E-state index contributed by atoms with van der Waals surface area (Å²) < 4.78 is 5.62. The molecule has 0 bridgehead atoms. The van der Waals surface area contributed by atoms with Gasteiger partial charge in [-0.2, -0.15) is 5.26 Å². The van der Waals surface area contributed by atoms with Gasteiger partial charge in [-0.05, 0) is 44.4 Å². The third-order valence-corrected chi connectivity index (χ3v) is 4.43. The fraction of sp³-hybridized carbons (Fsp3) is 0.579. The van der Waals surface area contributed by atoms with E-state index in [9.17, 15) is 15.2 Å². The maximum absolute atomic E-state index is 12.4. The largest absolute Gasteiger partial charge is 0.491 e. The number of aliphatic hydroxyl groups is 1. The number of aliphatic hydroxyl groups excluding tert-OH is 1. The lowest BCUT2D eigenvalue weighted by Gasteiger charge is -2.29. The quantitative estimate of drug-likeness (QED) is 0.839. The topological polar surface area (TPSA) is 82.3 Å². The van der Waals surface area contributed by atoms with Gasteiger partial charge in [-0.25, -0.2) is 0 Å². The molecule has 1 unspecified atom stereocenters. The van der Waals surface area contributed by atoms with Crippen LogP contribution in [0.2, 0.25) is 0 Å². The van der Waals surface area contributed by atoms with Crippen LogP contribution in [0.15, 0.2) is 24.3 Å². The average molecular weight is 330 g/mol. The van der Waals surface area contributed by atoms with Gasteiger partial charge in [-0.1, -0.05) is 31.4 Å². The van der Waals surface area contributed by atoms with E-state index in [1.165, 1.54) is 0 Å². The molecule has 1 atom stereocenters. The van der Waals surface area contributed by atoms with E-state index in [4.69, 9.17) is 4.74 Å². The molecule has 0 aromatic heterocycles. The SMILES string of the molecule is CC(C)Oc1cccc(C(O)CNC(=O)C2(C#N)CCCCC2)c1. The molecule has 5 nitrogen and oxygen atoms in total. The van der Waals surface area contributed by atoms with Gasteiger partial charge >= 0.3 is 0 Å². The van der Waals surface area contributed by atoms with Crippen molar-refractivity contribution in [1.82, 2.24) is 5.32 Å². The zero-order valence-corrected chi connectivity index (χ0v) is 14.4. The van der Waals surface area contributed by atoms with E-state index < -0.39 is 11.5 Å². The van der Waals surface area contributed by atoms with Gasteiger partial charge < -0.3 is 15.2 Å². The Hall–Kier alpha value is -2.06. The Morgan fingerprint density at radius 1 is 1.38 bits per heavy atom. The highest BCUT2D eigenvalue weighted by Crippen LogP contribution is 2.36. The Morgan fingerprint density at radius 3 is 2.71 bits per heavy atom. The van der Waals surface area contributed by atoms with Crippen molar-refractivity contribution >= 4 is 5.91 Å². The summed E-state index contributed by atoms with van der Waals surface area (Å²) in [4.78, 5) is 12.4. The van der Waals surface area contributed by atoms with Crippen molar-refractivity contribution in [3.63, 3.8) is 0 Å². The Morgan fingerprint density at radius 2 is 2.08 bits per heavy atom. The smallest absolute Gasteiger partial charge is 0.240 e. The molecular formula is C19H26N2O3. The predicted molar refractivity (Wildman–Crippen MR) is 91.3 cm³/mol. The zero-order valence-electron chi connectivity index (χ0n) is 14.4. The highest BCUT2D eigenvalue weighted by Gasteiger charge is 2.39. The summed E-state index contributed by atoms with van der Waals surface area (Å²) >= 11 is 0. The third kappa shape index (κ3) is 4.48.